The summed E-state index contributed by atoms with van der Waals surface area (Å²) in [5.41, 5.74) is 2.57. The van der Waals surface area contributed by atoms with Crippen molar-refractivity contribution in [3.05, 3.63) is 46.4 Å². The van der Waals surface area contributed by atoms with E-state index in [-0.39, 0.29) is 17.0 Å². The molecule has 11 heteroatoms. The number of benzene rings is 1. The average Bonchev–Trinajstić information content (AvgIpc) is 2.66. The molecule has 1 aromatic carbocycles. The lowest BCUT2D eigenvalue weighted by Gasteiger charge is -2.45. The Kier molecular flexibility index (Phi) is 4.99. The van der Waals surface area contributed by atoms with Gasteiger partial charge in [-0.05, 0) is 29.7 Å². The minimum atomic E-state index is -4.70. The first-order chi connectivity index (χ1) is 13.7. The van der Waals surface area contributed by atoms with Gasteiger partial charge in [-0.25, -0.2) is 9.97 Å². The highest BCUT2D eigenvalue weighted by Gasteiger charge is 2.35. The second-order valence-corrected chi connectivity index (χ2v) is 7.34. The second kappa shape index (κ2) is 7.34. The number of carbonyl (C=O) groups excluding carboxylic acids is 1. The molecule has 4 rings (SSSR count). The molecule has 0 saturated carbocycles. The number of amides is 1. The molecular formula is C18H16ClF3N5O2-. The van der Waals surface area contributed by atoms with Gasteiger partial charge in [-0.15, -0.1) is 0 Å². The summed E-state index contributed by atoms with van der Waals surface area (Å²) in [4.78, 5) is 21.4. The SMILES string of the molecule is O=C([O-])N1CCN2CCc3cc(Nc4cc(Cl)nc(C(F)(F)F)n4)ccc3[C@@H]2C1. The standard InChI is InChI=1S/C18H17ClF3N5O2/c19-14-8-15(25-16(24-14)18(20,21)22)23-11-1-2-12-10(7-11)3-4-26-5-6-27(17(28)29)9-13(12)26/h1-2,7-8,13H,3-6,9H2,(H,28,29)(H,23,24,25)/p-1/t13-/m0/s1. The number of nitrogens with zero attached hydrogens (tertiary/aromatic N) is 4. The van der Waals surface area contributed by atoms with Crippen LogP contribution < -0.4 is 10.4 Å². The van der Waals surface area contributed by atoms with Crippen molar-refractivity contribution >= 4 is 29.2 Å². The molecule has 1 atom stereocenters. The van der Waals surface area contributed by atoms with Crippen molar-refractivity contribution in [2.75, 3.05) is 31.5 Å². The predicted molar refractivity (Wildman–Crippen MR) is 96.8 cm³/mol. The zero-order valence-electron chi connectivity index (χ0n) is 15.0. The predicted octanol–water partition coefficient (Wildman–Crippen LogP) is 2.45. The van der Waals surface area contributed by atoms with E-state index in [4.69, 9.17) is 11.6 Å². The van der Waals surface area contributed by atoms with Crippen LogP contribution in [0.3, 0.4) is 0 Å². The maximum Gasteiger partial charge on any atom is 0.451 e. The van der Waals surface area contributed by atoms with Crippen molar-refractivity contribution in [1.82, 2.24) is 19.8 Å². The molecule has 0 bridgehead atoms. The minimum Gasteiger partial charge on any atom is -0.530 e. The van der Waals surface area contributed by atoms with Gasteiger partial charge in [0.2, 0.25) is 5.82 Å². The summed E-state index contributed by atoms with van der Waals surface area (Å²) in [6, 6.07) is 6.58. The van der Waals surface area contributed by atoms with Gasteiger partial charge in [0.05, 0.1) is 6.04 Å². The van der Waals surface area contributed by atoms with Crippen LogP contribution in [-0.2, 0) is 12.6 Å². The quantitative estimate of drug-likeness (QED) is 0.743. The van der Waals surface area contributed by atoms with Gasteiger partial charge in [0.25, 0.3) is 0 Å². The zero-order valence-corrected chi connectivity index (χ0v) is 15.8. The number of nitrogens with one attached hydrogen (secondary N) is 1. The summed E-state index contributed by atoms with van der Waals surface area (Å²) < 4.78 is 38.7. The molecule has 1 fully saturated rings. The Morgan fingerprint density at radius 3 is 2.72 bits per heavy atom. The molecule has 0 spiro atoms. The lowest BCUT2D eigenvalue weighted by Crippen LogP contribution is -2.55. The first-order valence-corrected chi connectivity index (χ1v) is 9.30. The van der Waals surface area contributed by atoms with Crippen molar-refractivity contribution in [3.8, 4) is 0 Å². The third-order valence-electron chi connectivity index (χ3n) is 5.14. The highest BCUT2D eigenvalue weighted by Crippen LogP contribution is 2.35. The topological polar surface area (TPSA) is 84.4 Å². The highest BCUT2D eigenvalue weighted by molar-refractivity contribution is 6.29. The van der Waals surface area contributed by atoms with Crippen LogP contribution in [-0.4, -0.2) is 52.0 Å². The van der Waals surface area contributed by atoms with E-state index in [2.05, 4.69) is 20.2 Å². The molecule has 154 valence electrons. The van der Waals surface area contributed by atoms with E-state index in [1.54, 1.807) is 6.07 Å². The summed E-state index contributed by atoms with van der Waals surface area (Å²) in [6.45, 7) is 2.17. The van der Waals surface area contributed by atoms with Crippen molar-refractivity contribution in [2.45, 2.75) is 18.6 Å². The Labute approximate surface area is 169 Å². The van der Waals surface area contributed by atoms with Gasteiger partial charge < -0.3 is 20.1 Å². The van der Waals surface area contributed by atoms with Crippen LogP contribution in [0.15, 0.2) is 24.3 Å². The van der Waals surface area contributed by atoms with E-state index in [1.807, 2.05) is 12.1 Å². The molecule has 0 unspecified atom stereocenters. The molecule has 1 aromatic heterocycles. The normalized spacial score (nSPS) is 19.4. The number of fused-ring (bicyclic) bond motifs is 3. The third-order valence-corrected chi connectivity index (χ3v) is 5.33. The fourth-order valence-electron chi connectivity index (χ4n) is 3.79. The molecule has 29 heavy (non-hydrogen) atoms. The van der Waals surface area contributed by atoms with Gasteiger partial charge in [0, 0.05) is 37.9 Å². The number of anilines is 2. The fourth-order valence-corrected chi connectivity index (χ4v) is 3.98. The summed E-state index contributed by atoms with van der Waals surface area (Å²) in [5.74, 6) is -1.37. The summed E-state index contributed by atoms with van der Waals surface area (Å²) in [6.07, 6.45) is -5.13. The average molecular weight is 427 g/mol. The summed E-state index contributed by atoms with van der Waals surface area (Å²) in [5, 5.41) is 13.7. The number of hydrogen-bond donors (Lipinski definition) is 1. The zero-order chi connectivity index (χ0) is 20.8. The number of piperazine rings is 1. The van der Waals surface area contributed by atoms with Gasteiger partial charge in [-0.3, -0.25) is 4.90 Å². The summed E-state index contributed by atoms with van der Waals surface area (Å²) >= 11 is 5.70. The molecule has 7 nitrogen and oxygen atoms in total. The Bertz CT molecular complexity index is 956. The van der Waals surface area contributed by atoms with Gasteiger partial charge in [0.1, 0.15) is 17.1 Å². The number of carbonyl (C=O) groups is 1. The molecule has 1 N–H and O–H groups in total. The molecule has 1 saturated heterocycles. The molecule has 1 amide bonds. The Hall–Kier alpha value is -2.59. The van der Waals surface area contributed by atoms with Crippen LogP contribution in [0.5, 0.6) is 0 Å². The lowest BCUT2D eigenvalue weighted by molar-refractivity contribution is -0.268. The van der Waals surface area contributed by atoms with Crippen molar-refractivity contribution in [1.29, 1.82) is 0 Å². The van der Waals surface area contributed by atoms with E-state index in [9.17, 15) is 23.1 Å². The monoisotopic (exact) mass is 426 g/mol. The van der Waals surface area contributed by atoms with Crippen LogP contribution in [0.1, 0.15) is 23.0 Å². The Balaban J connectivity index is 1.58. The molecular weight excluding hydrogens is 411 g/mol. The van der Waals surface area contributed by atoms with Crippen LogP contribution in [0.25, 0.3) is 0 Å². The maximum atomic E-state index is 12.9. The van der Waals surface area contributed by atoms with E-state index in [0.29, 0.717) is 25.3 Å². The van der Waals surface area contributed by atoms with Crippen LogP contribution in [0, 0.1) is 0 Å². The van der Waals surface area contributed by atoms with Crippen LogP contribution >= 0.6 is 11.6 Å². The van der Waals surface area contributed by atoms with E-state index in [0.717, 1.165) is 24.1 Å². The fraction of sp³-hybridized carbons (Fsp3) is 0.389. The molecule has 0 radical (unpaired) electrons. The summed E-state index contributed by atoms with van der Waals surface area (Å²) in [7, 11) is 0. The Morgan fingerprint density at radius 1 is 1.21 bits per heavy atom. The van der Waals surface area contributed by atoms with Crippen molar-refractivity contribution in [2.24, 2.45) is 0 Å². The molecule has 2 aliphatic heterocycles. The number of carboxylic acid groups (broad SMARTS) is 1. The molecule has 2 aromatic rings. The smallest absolute Gasteiger partial charge is 0.451 e. The van der Waals surface area contributed by atoms with Gasteiger partial charge in [-0.2, -0.15) is 13.2 Å². The van der Waals surface area contributed by atoms with Gasteiger partial charge in [-0.1, -0.05) is 17.7 Å². The third kappa shape index (κ3) is 4.08. The lowest BCUT2D eigenvalue weighted by atomic mass is 9.90. The van der Waals surface area contributed by atoms with E-state index < -0.39 is 18.1 Å². The number of rotatable bonds is 2. The van der Waals surface area contributed by atoms with Crippen LogP contribution in [0.4, 0.5) is 29.5 Å². The van der Waals surface area contributed by atoms with Gasteiger partial charge >= 0.3 is 6.18 Å². The first-order valence-electron chi connectivity index (χ1n) is 8.92. The molecule has 2 aliphatic rings. The number of alkyl halides is 3. The number of halogens is 4. The minimum absolute atomic E-state index is 0.0597. The highest BCUT2D eigenvalue weighted by atomic mass is 35.5. The van der Waals surface area contributed by atoms with E-state index >= 15 is 0 Å². The second-order valence-electron chi connectivity index (χ2n) is 6.95. The van der Waals surface area contributed by atoms with Gasteiger partial charge in [0.15, 0.2) is 0 Å². The van der Waals surface area contributed by atoms with Crippen molar-refractivity contribution in [3.63, 3.8) is 0 Å². The Morgan fingerprint density at radius 2 is 2.00 bits per heavy atom. The largest absolute Gasteiger partial charge is 0.530 e. The van der Waals surface area contributed by atoms with Crippen LogP contribution in [0.2, 0.25) is 5.15 Å². The van der Waals surface area contributed by atoms with E-state index in [1.165, 1.54) is 11.0 Å². The molecule has 0 aliphatic carbocycles. The maximum absolute atomic E-state index is 12.9. The van der Waals surface area contributed by atoms with Crippen molar-refractivity contribution < 1.29 is 23.1 Å². The molecule has 3 heterocycles. The number of aromatic nitrogens is 2. The first kappa shape index (κ1) is 19.7. The number of hydrogen-bond acceptors (Lipinski definition) is 6.